The first kappa shape index (κ1) is 14.4. The van der Waals surface area contributed by atoms with Gasteiger partial charge in [0, 0.05) is 6.20 Å². The number of esters is 1. The summed E-state index contributed by atoms with van der Waals surface area (Å²) >= 11 is 1.97. The molecule has 0 saturated heterocycles. The number of carbonyl (C=O) groups excluding carboxylic acids is 1. The average molecular weight is 391 g/mol. The third-order valence-corrected chi connectivity index (χ3v) is 3.02. The van der Waals surface area contributed by atoms with Crippen molar-refractivity contribution >= 4 is 34.2 Å². The van der Waals surface area contributed by atoms with Crippen molar-refractivity contribution in [1.29, 1.82) is 0 Å². The van der Waals surface area contributed by atoms with Gasteiger partial charge in [-0.15, -0.1) is 0 Å². The zero-order valence-electron chi connectivity index (χ0n) is 10.0. The molecule has 1 aromatic carbocycles. The summed E-state index contributed by atoms with van der Waals surface area (Å²) < 4.78 is 20.1. The Morgan fingerprint density at radius 3 is 2.75 bits per heavy atom. The van der Waals surface area contributed by atoms with Crippen LogP contribution in [0.1, 0.15) is 10.4 Å². The summed E-state index contributed by atoms with van der Waals surface area (Å²) in [4.78, 5) is 21.7. The molecular formula is C11H7FIN3O4. The van der Waals surface area contributed by atoms with Crippen molar-refractivity contribution in [2.24, 2.45) is 0 Å². The van der Waals surface area contributed by atoms with E-state index in [1.807, 2.05) is 22.6 Å². The van der Waals surface area contributed by atoms with Gasteiger partial charge >= 0.3 is 5.97 Å². The molecule has 2 rings (SSSR count). The minimum atomic E-state index is -1.02. The predicted molar refractivity (Wildman–Crippen MR) is 74.2 cm³/mol. The van der Waals surface area contributed by atoms with Crippen LogP contribution in [0.15, 0.2) is 24.5 Å². The Kier molecular flexibility index (Phi) is 3.97. The molecule has 7 nitrogen and oxygen atoms in total. The van der Waals surface area contributed by atoms with E-state index in [-0.39, 0.29) is 5.69 Å². The van der Waals surface area contributed by atoms with Crippen LogP contribution in [0.5, 0.6) is 0 Å². The fourth-order valence-electron chi connectivity index (χ4n) is 1.58. The smallest absolute Gasteiger partial charge is 0.340 e. The van der Waals surface area contributed by atoms with E-state index in [1.54, 1.807) is 0 Å². The SMILES string of the molecule is COC(=O)c1cc(-n2cc(I)cn2)c([N+](=O)[O-])cc1F. The zero-order valence-corrected chi connectivity index (χ0v) is 12.2. The fourth-order valence-corrected chi connectivity index (χ4v) is 1.97. The van der Waals surface area contributed by atoms with Gasteiger partial charge in [0.2, 0.25) is 0 Å². The molecule has 104 valence electrons. The van der Waals surface area contributed by atoms with Crippen LogP contribution in [0.3, 0.4) is 0 Å². The number of halogens is 2. The normalized spacial score (nSPS) is 10.3. The second kappa shape index (κ2) is 5.53. The Hall–Kier alpha value is -2.04. The molecule has 0 fully saturated rings. The van der Waals surface area contributed by atoms with Gasteiger partial charge < -0.3 is 4.74 Å². The highest BCUT2D eigenvalue weighted by Crippen LogP contribution is 2.27. The number of aromatic nitrogens is 2. The molecule has 9 heteroatoms. The molecule has 0 aliphatic heterocycles. The molecule has 0 aliphatic carbocycles. The maximum Gasteiger partial charge on any atom is 0.340 e. The molecule has 20 heavy (non-hydrogen) atoms. The monoisotopic (exact) mass is 391 g/mol. The molecule has 0 N–H and O–H groups in total. The quantitative estimate of drug-likeness (QED) is 0.347. The number of hydrogen-bond acceptors (Lipinski definition) is 5. The number of nitrogens with zero attached hydrogens (tertiary/aromatic N) is 3. The van der Waals surface area contributed by atoms with E-state index in [9.17, 15) is 19.3 Å². The van der Waals surface area contributed by atoms with Gasteiger partial charge in [-0.1, -0.05) is 0 Å². The maximum absolute atomic E-state index is 13.7. The highest BCUT2D eigenvalue weighted by Gasteiger charge is 2.23. The van der Waals surface area contributed by atoms with Crippen molar-refractivity contribution in [1.82, 2.24) is 9.78 Å². The second-order valence-electron chi connectivity index (χ2n) is 3.67. The molecule has 1 aromatic heterocycles. The number of hydrogen-bond donors (Lipinski definition) is 0. The summed E-state index contributed by atoms with van der Waals surface area (Å²) in [5, 5.41) is 14.9. The van der Waals surface area contributed by atoms with Crippen molar-refractivity contribution < 1.29 is 18.8 Å². The number of carbonyl (C=O) groups is 1. The van der Waals surface area contributed by atoms with E-state index in [4.69, 9.17) is 0 Å². The summed E-state index contributed by atoms with van der Waals surface area (Å²) in [6.45, 7) is 0. The molecule has 0 unspecified atom stereocenters. The largest absolute Gasteiger partial charge is 0.465 e. The lowest BCUT2D eigenvalue weighted by Gasteiger charge is -2.06. The Balaban J connectivity index is 2.69. The third kappa shape index (κ3) is 2.61. The molecule has 0 atom stereocenters. The van der Waals surface area contributed by atoms with Crippen LogP contribution in [-0.2, 0) is 4.74 Å². The van der Waals surface area contributed by atoms with Crippen molar-refractivity contribution in [2.45, 2.75) is 0 Å². The first-order valence-corrected chi connectivity index (χ1v) is 6.28. The Morgan fingerprint density at radius 1 is 1.55 bits per heavy atom. The van der Waals surface area contributed by atoms with Gasteiger partial charge in [-0.3, -0.25) is 10.1 Å². The highest BCUT2D eigenvalue weighted by molar-refractivity contribution is 14.1. The van der Waals surface area contributed by atoms with Crippen LogP contribution in [-0.4, -0.2) is 27.8 Å². The lowest BCUT2D eigenvalue weighted by atomic mass is 10.1. The second-order valence-corrected chi connectivity index (χ2v) is 4.92. The number of ether oxygens (including phenoxy) is 1. The van der Waals surface area contributed by atoms with Crippen LogP contribution < -0.4 is 0 Å². The Bertz CT molecular complexity index is 701. The molecule has 0 aliphatic rings. The van der Waals surface area contributed by atoms with Crippen LogP contribution >= 0.6 is 22.6 Å². The van der Waals surface area contributed by atoms with E-state index in [0.29, 0.717) is 6.07 Å². The van der Waals surface area contributed by atoms with Gasteiger partial charge in [-0.2, -0.15) is 5.10 Å². The van der Waals surface area contributed by atoms with Crippen molar-refractivity contribution in [3.63, 3.8) is 0 Å². The third-order valence-electron chi connectivity index (χ3n) is 2.46. The Morgan fingerprint density at radius 2 is 2.25 bits per heavy atom. The summed E-state index contributed by atoms with van der Waals surface area (Å²) in [5.41, 5.74) is -0.895. The van der Waals surface area contributed by atoms with E-state index >= 15 is 0 Å². The summed E-state index contributed by atoms with van der Waals surface area (Å²) in [6, 6.07) is 1.72. The predicted octanol–water partition coefficient (Wildman–Crippen LogP) is 2.31. The number of methoxy groups -OCH3 is 1. The number of nitro benzene ring substituents is 1. The first-order chi connectivity index (χ1) is 9.43. The molecule has 0 saturated carbocycles. The van der Waals surface area contributed by atoms with Gasteiger partial charge in [0.25, 0.3) is 5.69 Å². The number of rotatable bonds is 3. The molecule has 2 aromatic rings. The Labute approximate surface area is 125 Å². The lowest BCUT2D eigenvalue weighted by molar-refractivity contribution is -0.384. The molecular weight excluding hydrogens is 384 g/mol. The molecule has 0 radical (unpaired) electrons. The van der Waals surface area contributed by atoms with Gasteiger partial charge in [0.05, 0.1) is 33.4 Å². The standard InChI is InChI=1S/C11H7FIN3O4/c1-20-11(17)7-2-9(15-5-6(13)4-14-15)10(16(18)19)3-8(7)12/h2-5H,1H3. The van der Waals surface area contributed by atoms with Crippen LogP contribution in [0.4, 0.5) is 10.1 Å². The summed E-state index contributed by atoms with van der Waals surface area (Å²) in [5.74, 6) is -1.94. The topological polar surface area (TPSA) is 87.3 Å². The van der Waals surface area contributed by atoms with Crippen molar-refractivity contribution in [2.75, 3.05) is 7.11 Å². The van der Waals surface area contributed by atoms with Gasteiger partial charge in [-0.25, -0.2) is 13.9 Å². The molecule has 1 heterocycles. The van der Waals surface area contributed by atoms with Crippen LogP contribution in [0.25, 0.3) is 5.69 Å². The lowest BCUT2D eigenvalue weighted by Crippen LogP contribution is -2.09. The first-order valence-electron chi connectivity index (χ1n) is 5.21. The zero-order chi connectivity index (χ0) is 14.9. The summed E-state index contributed by atoms with van der Waals surface area (Å²) in [6.07, 6.45) is 2.99. The molecule has 0 amide bonds. The van der Waals surface area contributed by atoms with Crippen LogP contribution in [0.2, 0.25) is 0 Å². The van der Waals surface area contributed by atoms with Gasteiger partial charge in [0.15, 0.2) is 0 Å². The molecule has 0 bridgehead atoms. The highest BCUT2D eigenvalue weighted by atomic mass is 127. The molecule has 0 spiro atoms. The number of benzene rings is 1. The van der Waals surface area contributed by atoms with Gasteiger partial charge in [0.1, 0.15) is 11.5 Å². The van der Waals surface area contributed by atoms with E-state index in [0.717, 1.165) is 16.7 Å². The maximum atomic E-state index is 13.7. The van der Waals surface area contributed by atoms with E-state index in [2.05, 4.69) is 9.84 Å². The van der Waals surface area contributed by atoms with E-state index < -0.39 is 28.0 Å². The minimum Gasteiger partial charge on any atom is -0.465 e. The minimum absolute atomic E-state index is 0.0142. The average Bonchev–Trinajstić information content (AvgIpc) is 2.84. The fraction of sp³-hybridized carbons (Fsp3) is 0.0909. The van der Waals surface area contributed by atoms with Crippen LogP contribution in [0, 0.1) is 19.5 Å². The van der Waals surface area contributed by atoms with Crippen molar-refractivity contribution in [3.8, 4) is 5.69 Å². The van der Waals surface area contributed by atoms with E-state index in [1.165, 1.54) is 17.1 Å². The number of nitro groups is 1. The summed E-state index contributed by atoms with van der Waals surface area (Å²) in [7, 11) is 1.10. The van der Waals surface area contributed by atoms with Crippen molar-refractivity contribution in [3.05, 3.63) is 49.6 Å². The van der Waals surface area contributed by atoms with Gasteiger partial charge in [-0.05, 0) is 28.7 Å².